The Balaban J connectivity index is 1.69. The van der Waals surface area contributed by atoms with Crippen LogP contribution in [0.5, 0.6) is 5.75 Å². The van der Waals surface area contributed by atoms with Crippen molar-refractivity contribution < 1.29 is 19.0 Å². The number of aromatic nitrogens is 1. The van der Waals surface area contributed by atoms with Gasteiger partial charge in [-0.15, -0.1) is 11.3 Å². The summed E-state index contributed by atoms with van der Waals surface area (Å²) in [6.07, 6.45) is 1.86. The molecule has 0 radical (unpaired) electrons. The van der Waals surface area contributed by atoms with Gasteiger partial charge in [0.1, 0.15) is 0 Å². The molecule has 1 fully saturated rings. The Bertz CT molecular complexity index is 774. The van der Waals surface area contributed by atoms with E-state index < -0.39 is 5.82 Å². The van der Waals surface area contributed by atoms with Crippen LogP contribution in [-0.2, 0) is 11.2 Å². The van der Waals surface area contributed by atoms with Crippen LogP contribution < -0.4 is 10.1 Å². The number of amides is 1. The molecule has 7 heteroatoms. The number of ether oxygens (including phenoxy) is 1. The maximum atomic E-state index is 14.1. The minimum atomic E-state index is -0.454. The van der Waals surface area contributed by atoms with Crippen LogP contribution in [0.3, 0.4) is 0 Å². The molecule has 0 bridgehead atoms. The number of aliphatic hydroxyl groups is 1. The van der Waals surface area contributed by atoms with Gasteiger partial charge in [-0.05, 0) is 49.8 Å². The maximum absolute atomic E-state index is 14.1. The highest BCUT2D eigenvalue weighted by atomic mass is 32.1. The first-order valence-corrected chi connectivity index (χ1v) is 9.55. The molecule has 0 aliphatic heterocycles. The van der Waals surface area contributed by atoms with Gasteiger partial charge >= 0.3 is 0 Å². The topological polar surface area (TPSA) is 71.5 Å². The van der Waals surface area contributed by atoms with Crippen molar-refractivity contribution in [2.24, 2.45) is 5.92 Å². The third-order valence-corrected chi connectivity index (χ3v) is 5.89. The number of benzene rings is 1. The van der Waals surface area contributed by atoms with E-state index in [9.17, 15) is 14.3 Å². The summed E-state index contributed by atoms with van der Waals surface area (Å²) >= 11 is 1.55. The number of nitrogens with one attached hydrogen (secondary N) is 1. The number of hydrogen-bond acceptors (Lipinski definition) is 5. The minimum absolute atomic E-state index is 0.0829. The number of aliphatic hydroxyl groups excluding tert-OH is 1. The third-order valence-electron chi connectivity index (χ3n) is 4.90. The first-order chi connectivity index (χ1) is 12.5. The SMILES string of the molecule is COc1ccc(C(NC(=O)CCc2scnc2C)C2CC(O)C2)cc1F. The number of thiazole rings is 1. The molecule has 1 heterocycles. The molecule has 5 nitrogen and oxygen atoms in total. The fourth-order valence-electron chi connectivity index (χ4n) is 3.29. The summed E-state index contributed by atoms with van der Waals surface area (Å²) < 4.78 is 19.1. The molecule has 1 aromatic heterocycles. The standard InChI is InChI=1S/C19H23FN2O3S/c1-11-17(26-10-21-11)5-6-18(24)22-19(13-7-14(23)8-13)12-3-4-16(25-2)15(20)9-12/h3-4,9-10,13-14,19,23H,5-8H2,1-2H3,(H,22,24). The second kappa shape index (κ2) is 8.14. The first-order valence-electron chi connectivity index (χ1n) is 8.67. The van der Waals surface area contributed by atoms with Gasteiger partial charge in [-0.25, -0.2) is 9.37 Å². The Morgan fingerprint density at radius 1 is 1.50 bits per heavy atom. The molecule has 0 saturated heterocycles. The fourth-order valence-corrected chi connectivity index (χ4v) is 4.07. The average Bonchev–Trinajstić information content (AvgIpc) is 3.00. The van der Waals surface area contributed by atoms with Gasteiger partial charge in [0.2, 0.25) is 5.91 Å². The average molecular weight is 378 g/mol. The summed E-state index contributed by atoms with van der Waals surface area (Å²) in [7, 11) is 1.42. The molecule has 1 aromatic carbocycles. The number of halogens is 1. The van der Waals surface area contributed by atoms with Crippen LogP contribution in [0.1, 0.15) is 41.4 Å². The Morgan fingerprint density at radius 3 is 2.85 bits per heavy atom. The number of nitrogens with zero attached hydrogens (tertiary/aromatic N) is 1. The molecule has 2 N–H and O–H groups in total. The van der Waals surface area contributed by atoms with Gasteiger partial charge in [0.15, 0.2) is 11.6 Å². The van der Waals surface area contributed by atoms with Crippen LogP contribution >= 0.6 is 11.3 Å². The Morgan fingerprint density at radius 2 is 2.27 bits per heavy atom. The minimum Gasteiger partial charge on any atom is -0.494 e. The largest absolute Gasteiger partial charge is 0.494 e. The van der Waals surface area contributed by atoms with Gasteiger partial charge < -0.3 is 15.2 Å². The van der Waals surface area contributed by atoms with Crippen LogP contribution in [0, 0.1) is 18.7 Å². The Labute approximate surface area is 156 Å². The van der Waals surface area contributed by atoms with E-state index in [1.807, 2.05) is 6.92 Å². The first kappa shape index (κ1) is 18.8. The van der Waals surface area contributed by atoms with Crippen LogP contribution in [-0.4, -0.2) is 29.2 Å². The summed E-state index contributed by atoms with van der Waals surface area (Å²) in [5.74, 6) is -0.259. The molecule has 1 aliphatic carbocycles. The molecule has 1 atom stereocenters. The second-order valence-corrected chi connectivity index (χ2v) is 7.62. The lowest BCUT2D eigenvalue weighted by atomic mass is 9.75. The zero-order valence-electron chi connectivity index (χ0n) is 14.9. The molecule has 1 saturated carbocycles. The van der Waals surface area contributed by atoms with Crippen molar-refractivity contribution in [3.63, 3.8) is 0 Å². The molecular weight excluding hydrogens is 355 g/mol. The number of hydrogen-bond donors (Lipinski definition) is 2. The molecule has 26 heavy (non-hydrogen) atoms. The van der Waals surface area contributed by atoms with Crippen LogP contribution in [0.4, 0.5) is 4.39 Å². The highest BCUT2D eigenvalue weighted by Crippen LogP contribution is 2.39. The van der Waals surface area contributed by atoms with E-state index >= 15 is 0 Å². The number of aryl methyl sites for hydroxylation is 2. The molecule has 1 unspecified atom stereocenters. The number of carbonyl (C=O) groups is 1. The zero-order valence-corrected chi connectivity index (χ0v) is 15.7. The summed E-state index contributed by atoms with van der Waals surface area (Å²) in [4.78, 5) is 17.8. The lowest BCUT2D eigenvalue weighted by molar-refractivity contribution is -0.123. The lowest BCUT2D eigenvalue weighted by Crippen LogP contribution is -2.41. The van der Waals surface area contributed by atoms with E-state index in [2.05, 4.69) is 10.3 Å². The lowest BCUT2D eigenvalue weighted by Gasteiger charge is -2.38. The van der Waals surface area contributed by atoms with Gasteiger partial charge in [0.05, 0.1) is 30.5 Å². The second-order valence-electron chi connectivity index (χ2n) is 6.69. The van der Waals surface area contributed by atoms with Gasteiger partial charge in [-0.3, -0.25) is 4.79 Å². The van der Waals surface area contributed by atoms with E-state index in [0.29, 0.717) is 31.2 Å². The molecule has 0 spiro atoms. The predicted molar refractivity (Wildman–Crippen MR) is 97.7 cm³/mol. The van der Waals surface area contributed by atoms with Crippen molar-refractivity contribution in [2.75, 3.05) is 7.11 Å². The van der Waals surface area contributed by atoms with Crippen molar-refractivity contribution in [1.29, 1.82) is 0 Å². The van der Waals surface area contributed by atoms with Gasteiger partial charge in [0.25, 0.3) is 0 Å². The summed E-state index contributed by atoms with van der Waals surface area (Å²) in [5.41, 5.74) is 3.43. The molecule has 1 aliphatic rings. The molecule has 2 aromatic rings. The smallest absolute Gasteiger partial charge is 0.220 e. The van der Waals surface area contributed by atoms with Crippen molar-refractivity contribution in [3.05, 3.63) is 45.7 Å². The van der Waals surface area contributed by atoms with Crippen molar-refractivity contribution in [3.8, 4) is 5.75 Å². The highest BCUT2D eigenvalue weighted by Gasteiger charge is 2.36. The van der Waals surface area contributed by atoms with Crippen LogP contribution in [0.25, 0.3) is 0 Å². The normalized spacial score (nSPS) is 20.3. The molecule has 140 valence electrons. The summed E-state index contributed by atoms with van der Waals surface area (Å²) in [6.45, 7) is 1.93. The van der Waals surface area contributed by atoms with E-state index in [1.54, 1.807) is 29.0 Å². The third kappa shape index (κ3) is 4.22. The predicted octanol–water partition coefficient (Wildman–Crippen LogP) is 3.16. The Hall–Kier alpha value is -1.99. The zero-order chi connectivity index (χ0) is 18.7. The van der Waals surface area contributed by atoms with Gasteiger partial charge in [0, 0.05) is 11.3 Å². The molecule has 3 rings (SSSR count). The van der Waals surface area contributed by atoms with Gasteiger partial charge in [-0.2, -0.15) is 0 Å². The van der Waals surface area contributed by atoms with Crippen molar-refractivity contribution in [2.45, 2.75) is 44.8 Å². The summed E-state index contributed by atoms with van der Waals surface area (Å²) in [5, 5.41) is 12.7. The van der Waals surface area contributed by atoms with Crippen molar-refractivity contribution >= 4 is 17.2 Å². The monoisotopic (exact) mass is 378 g/mol. The molecular formula is C19H23FN2O3S. The van der Waals surface area contributed by atoms with Crippen LogP contribution in [0.15, 0.2) is 23.7 Å². The van der Waals surface area contributed by atoms with E-state index in [0.717, 1.165) is 10.6 Å². The van der Waals surface area contributed by atoms with Crippen molar-refractivity contribution in [1.82, 2.24) is 10.3 Å². The van der Waals surface area contributed by atoms with E-state index in [1.165, 1.54) is 13.2 Å². The quantitative estimate of drug-likeness (QED) is 0.776. The maximum Gasteiger partial charge on any atom is 0.220 e. The number of carbonyl (C=O) groups excluding carboxylic acids is 1. The Kier molecular flexibility index (Phi) is 5.88. The van der Waals surface area contributed by atoms with Gasteiger partial charge in [-0.1, -0.05) is 6.07 Å². The van der Waals surface area contributed by atoms with Crippen LogP contribution in [0.2, 0.25) is 0 Å². The molecule has 1 amide bonds. The van der Waals surface area contributed by atoms with E-state index in [4.69, 9.17) is 4.74 Å². The van der Waals surface area contributed by atoms with E-state index in [-0.39, 0.29) is 29.7 Å². The number of methoxy groups -OCH3 is 1. The fraction of sp³-hybridized carbons (Fsp3) is 0.474. The number of rotatable bonds is 7. The highest BCUT2D eigenvalue weighted by molar-refractivity contribution is 7.09. The summed E-state index contributed by atoms with van der Waals surface area (Å²) in [6, 6.07) is 4.43.